The third kappa shape index (κ3) is 1.29. The van der Waals surface area contributed by atoms with Crippen LogP contribution in [0.2, 0.25) is 0 Å². The maximum atomic E-state index is 2.47. The molecule has 0 aliphatic heterocycles. The Labute approximate surface area is 113 Å². The van der Waals surface area contributed by atoms with Gasteiger partial charge in [0.15, 0.2) is 0 Å². The topological polar surface area (TPSA) is 0 Å². The molecule has 0 radical (unpaired) electrons. The van der Waals surface area contributed by atoms with Crippen LogP contribution in [0.1, 0.15) is 42.2 Å². The largest absolute Gasteiger partial charge is 0.0616 e. The van der Waals surface area contributed by atoms with Gasteiger partial charge in [0.1, 0.15) is 0 Å². The molecule has 0 saturated heterocycles. The van der Waals surface area contributed by atoms with Crippen LogP contribution in [0.5, 0.6) is 0 Å². The van der Waals surface area contributed by atoms with E-state index in [0.29, 0.717) is 0 Å². The molecule has 1 saturated carbocycles. The maximum Gasteiger partial charge on any atom is -0.0153 e. The Bertz CT molecular complexity index is 745. The highest BCUT2D eigenvalue weighted by molar-refractivity contribution is 5.99. The van der Waals surface area contributed by atoms with Crippen LogP contribution in [0.3, 0.4) is 0 Å². The normalized spacial score (nSPS) is 24.2. The molecule has 1 fully saturated rings. The predicted octanol–water partition coefficient (Wildman–Crippen LogP) is 5.36. The molecular formula is C19H16. The minimum atomic E-state index is 0.857. The molecule has 2 atom stereocenters. The van der Waals surface area contributed by atoms with Crippen LogP contribution in [-0.4, -0.2) is 0 Å². The third-order valence-corrected chi connectivity index (χ3v) is 5.22. The SMILES string of the molecule is c1ccc2cc3cc4c(cc3cc2c1)[C@H]1CC[C@H]4C1. The number of fused-ring (bicyclic) bond motifs is 7. The van der Waals surface area contributed by atoms with Crippen molar-refractivity contribution in [3.05, 3.63) is 59.7 Å². The van der Waals surface area contributed by atoms with Crippen molar-refractivity contribution >= 4 is 21.5 Å². The summed E-state index contributed by atoms with van der Waals surface area (Å²) in [4.78, 5) is 0. The van der Waals surface area contributed by atoms with Crippen molar-refractivity contribution in [1.29, 1.82) is 0 Å². The van der Waals surface area contributed by atoms with E-state index in [1.165, 1.54) is 40.8 Å². The lowest BCUT2D eigenvalue weighted by molar-refractivity contribution is 0.719. The Morgan fingerprint density at radius 3 is 1.68 bits per heavy atom. The zero-order valence-electron chi connectivity index (χ0n) is 10.9. The monoisotopic (exact) mass is 244 g/mol. The lowest BCUT2D eigenvalue weighted by atomic mass is 9.89. The fourth-order valence-electron chi connectivity index (χ4n) is 4.28. The molecule has 2 aliphatic carbocycles. The zero-order chi connectivity index (χ0) is 12.4. The van der Waals surface area contributed by atoms with Gasteiger partial charge in [-0.3, -0.25) is 0 Å². The Hall–Kier alpha value is -1.82. The maximum absolute atomic E-state index is 2.47. The van der Waals surface area contributed by atoms with Crippen LogP contribution in [0.4, 0.5) is 0 Å². The fourth-order valence-corrected chi connectivity index (χ4v) is 4.28. The fraction of sp³-hybridized carbons (Fsp3) is 0.263. The number of benzene rings is 3. The van der Waals surface area contributed by atoms with E-state index in [0.717, 1.165) is 11.8 Å². The molecule has 2 bridgehead atoms. The van der Waals surface area contributed by atoms with Crippen molar-refractivity contribution in [3.8, 4) is 0 Å². The molecule has 92 valence electrons. The summed E-state index contributed by atoms with van der Waals surface area (Å²) in [6.07, 6.45) is 4.23. The van der Waals surface area contributed by atoms with Crippen molar-refractivity contribution in [2.24, 2.45) is 0 Å². The van der Waals surface area contributed by atoms with E-state index in [1.807, 2.05) is 0 Å². The first-order valence-corrected chi connectivity index (χ1v) is 7.35. The van der Waals surface area contributed by atoms with Gasteiger partial charge >= 0.3 is 0 Å². The average molecular weight is 244 g/mol. The van der Waals surface area contributed by atoms with Crippen LogP contribution in [0.25, 0.3) is 21.5 Å². The summed E-state index contributed by atoms with van der Waals surface area (Å²) >= 11 is 0. The Morgan fingerprint density at radius 1 is 0.632 bits per heavy atom. The third-order valence-electron chi connectivity index (χ3n) is 5.22. The standard InChI is InChI=1S/C19H16/c1-2-4-13-8-17-11-19-15-6-5-14(9-15)18(19)10-16(17)7-12(13)3-1/h1-4,7-8,10-11,14-15H,5-6,9H2/t14-,15-/m0/s1. The highest BCUT2D eigenvalue weighted by atomic mass is 14.4. The quantitative estimate of drug-likeness (QED) is 0.467. The molecule has 5 rings (SSSR count). The molecule has 0 heterocycles. The first-order valence-electron chi connectivity index (χ1n) is 7.35. The van der Waals surface area contributed by atoms with E-state index in [1.54, 1.807) is 11.1 Å². The summed E-state index contributed by atoms with van der Waals surface area (Å²) < 4.78 is 0. The molecule has 0 spiro atoms. The van der Waals surface area contributed by atoms with Gasteiger partial charge in [0, 0.05) is 0 Å². The van der Waals surface area contributed by atoms with E-state index in [2.05, 4.69) is 48.5 Å². The summed E-state index contributed by atoms with van der Waals surface area (Å²) in [5, 5.41) is 5.56. The summed E-state index contributed by atoms with van der Waals surface area (Å²) in [5.41, 5.74) is 3.30. The second-order valence-corrected chi connectivity index (χ2v) is 6.23. The molecule has 2 aliphatic rings. The average Bonchev–Trinajstić information content (AvgIpc) is 3.04. The van der Waals surface area contributed by atoms with Crippen LogP contribution in [0, 0.1) is 0 Å². The molecule has 0 unspecified atom stereocenters. The minimum Gasteiger partial charge on any atom is -0.0616 e. The summed E-state index contributed by atoms with van der Waals surface area (Å²) in [6.45, 7) is 0. The van der Waals surface area contributed by atoms with Crippen LogP contribution >= 0.6 is 0 Å². The van der Waals surface area contributed by atoms with E-state index >= 15 is 0 Å². The van der Waals surface area contributed by atoms with E-state index < -0.39 is 0 Å². The van der Waals surface area contributed by atoms with Gasteiger partial charge in [-0.2, -0.15) is 0 Å². The van der Waals surface area contributed by atoms with E-state index in [4.69, 9.17) is 0 Å². The van der Waals surface area contributed by atoms with Crippen LogP contribution in [0.15, 0.2) is 48.5 Å². The number of hydrogen-bond donors (Lipinski definition) is 0. The molecule has 0 N–H and O–H groups in total. The summed E-state index contributed by atoms with van der Waals surface area (Å²) in [7, 11) is 0. The Morgan fingerprint density at radius 2 is 1.16 bits per heavy atom. The van der Waals surface area contributed by atoms with Gasteiger partial charge in [0.2, 0.25) is 0 Å². The van der Waals surface area contributed by atoms with Crippen molar-refractivity contribution in [3.63, 3.8) is 0 Å². The van der Waals surface area contributed by atoms with Gasteiger partial charge in [-0.15, -0.1) is 0 Å². The second kappa shape index (κ2) is 3.39. The molecule has 0 heteroatoms. The molecular weight excluding hydrogens is 228 g/mol. The van der Waals surface area contributed by atoms with Gasteiger partial charge in [-0.25, -0.2) is 0 Å². The predicted molar refractivity (Wildman–Crippen MR) is 80.8 cm³/mol. The van der Waals surface area contributed by atoms with Crippen molar-refractivity contribution in [1.82, 2.24) is 0 Å². The molecule has 0 amide bonds. The Balaban J connectivity index is 1.87. The Kier molecular flexibility index (Phi) is 1.79. The molecule has 3 aromatic carbocycles. The summed E-state index contributed by atoms with van der Waals surface area (Å²) in [6, 6.07) is 18.4. The lowest BCUT2D eigenvalue weighted by Gasteiger charge is -2.16. The second-order valence-electron chi connectivity index (χ2n) is 6.23. The van der Waals surface area contributed by atoms with E-state index in [9.17, 15) is 0 Å². The van der Waals surface area contributed by atoms with Gasteiger partial charge in [0.25, 0.3) is 0 Å². The van der Waals surface area contributed by atoms with Crippen molar-refractivity contribution in [2.75, 3.05) is 0 Å². The first kappa shape index (κ1) is 10.0. The molecule has 3 aromatic rings. The first-order chi connectivity index (χ1) is 9.38. The smallest absolute Gasteiger partial charge is 0.0153 e. The van der Waals surface area contributed by atoms with Gasteiger partial charge in [0.05, 0.1) is 0 Å². The van der Waals surface area contributed by atoms with Gasteiger partial charge < -0.3 is 0 Å². The van der Waals surface area contributed by atoms with Gasteiger partial charge in [-0.1, -0.05) is 36.4 Å². The van der Waals surface area contributed by atoms with Gasteiger partial charge in [-0.05, 0) is 75.9 Å². The van der Waals surface area contributed by atoms with Crippen molar-refractivity contribution in [2.45, 2.75) is 31.1 Å². The van der Waals surface area contributed by atoms with E-state index in [-0.39, 0.29) is 0 Å². The lowest BCUT2D eigenvalue weighted by Crippen LogP contribution is -1.97. The highest BCUT2D eigenvalue weighted by Gasteiger charge is 2.36. The molecule has 0 aromatic heterocycles. The van der Waals surface area contributed by atoms with Crippen LogP contribution < -0.4 is 0 Å². The summed E-state index contributed by atoms with van der Waals surface area (Å²) in [5.74, 6) is 1.71. The molecule has 0 nitrogen and oxygen atoms in total. The minimum absolute atomic E-state index is 0.857. The van der Waals surface area contributed by atoms with Crippen LogP contribution in [-0.2, 0) is 0 Å². The number of rotatable bonds is 0. The zero-order valence-corrected chi connectivity index (χ0v) is 10.9. The van der Waals surface area contributed by atoms with Crippen molar-refractivity contribution < 1.29 is 0 Å². The highest BCUT2D eigenvalue weighted by Crippen LogP contribution is 2.53. The molecule has 19 heavy (non-hydrogen) atoms. The number of hydrogen-bond acceptors (Lipinski definition) is 0.